The fourth-order valence-electron chi connectivity index (χ4n) is 4.78. The van der Waals surface area contributed by atoms with Crippen LogP contribution in [0.25, 0.3) is 22.9 Å². The van der Waals surface area contributed by atoms with Gasteiger partial charge in [0.05, 0.1) is 0 Å². The third kappa shape index (κ3) is 7.66. The molecule has 5 heteroatoms. The van der Waals surface area contributed by atoms with Crippen molar-refractivity contribution >= 4 is 28.8 Å². The summed E-state index contributed by atoms with van der Waals surface area (Å²) in [6.45, 7) is 22.9. The molecular weight excluding hydrogens is 512 g/mol. The number of benzene rings is 1. The van der Waals surface area contributed by atoms with Crippen molar-refractivity contribution in [3.05, 3.63) is 86.9 Å². The molecule has 0 spiro atoms. The summed E-state index contributed by atoms with van der Waals surface area (Å²) in [6.07, 6.45) is 5.39. The highest BCUT2D eigenvalue weighted by molar-refractivity contribution is 7.08. The number of aromatic nitrogens is 1. The Morgan fingerprint density at radius 1 is 1.15 bits per heavy atom. The van der Waals surface area contributed by atoms with E-state index in [0.29, 0.717) is 17.7 Å². The summed E-state index contributed by atoms with van der Waals surface area (Å²) in [6, 6.07) is 8.54. The molecule has 1 aliphatic heterocycles. The Morgan fingerprint density at radius 3 is 2.35 bits per heavy atom. The van der Waals surface area contributed by atoms with Crippen molar-refractivity contribution in [2.45, 2.75) is 75.2 Å². The molecule has 0 fully saturated rings. The van der Waals surface area contributed by atoms with Crippen LogP contribution in [0.4, 0.5) is 0 Å². The molecule has 2 N–H and O–H groups in total. The molecule has 216 valence electrons. The van der Waals surface area contributed by atoms with E-state index in [1.165, 1.54) is 11.1 Å². The number of aryl methyl sites for hydroxylation is 3. The summed E-state index contributed by atoms with van der Waals surface area (Å²) >= 11 is 1.63. The van der Waals surface area contributed by atoms with Crippen molar-refractivity contribution in [2.75, 3.05) is 6.61 Å². The Balaban J connectivity index is 0.00000134. The van der Waals surface area contributed by atoms with Gasteiger partial charge >= 0.3 is 0 Å². The summed E-state index contributed by atoms with van der Waals surface area (Å²) in [4.78, 5) is 13.2. The van der Waals surface area contributed by atoms with Gasteiger partial charge in [0, 0.05) is 58.9 Å². The second kappa shape index (κ2) is 14.4. The lowest BCUT2D eigenvalue weighted by atomic mass is 9.82. The van der Waals surface area contributed by atoms with Crippen LogP contribution < -0.4 is 10.5 Å². The van der Waals surface area contributed by atoms with Gasteiger partial charge in [0.15, 0.2) is 5.78 Å². The number of fused-ring (bicyclic) bond motifs is 1. The van der Waals surface area contributed by atoms with Crippen molar-refractivity contribution in [2.24, 2.45) is 18.2 Å². The van der Waals surface area contributed by atoms with E-state index in [1.54, 1.807) is 11.3 Å². The third-order valence-corrected chi connectivity index (χ3v) is 7.19. The molecule has 0 saturated heterocycles. The standard InChI is InChI=1S/C31H36N2O2S.2C2H6/c1-8-22-13-29-24(14-23(22)27-11-19(2)16-33(27)7)30(26(32)12-21-9-10-36-18-21)25(17-35-29)20(3)28(34)15-31(4,5)6;2*1-2/h9-14,16,18H,3,8,15,17,32H2,1-2,4-7H3;2*1-2H3. The molecule has 1 aliphatic rings. The van der Waals surface area contributed by atoms with Gasteiger partial charge in [-0.3, -0.25) is 4.79 Å². The largest absolute Gasteiger partial charge is 0.488 e. The number of hydrogen-bond donors (Lipinski definition) is 1. The maximum Gasteiger partial charge on any atom is 0.163 e. The van der Waals surface area contributed by atoms with Gasteiger partial charge in [-0.15, -0.1) is 0 Å². The minimum atomic E-state index is -0.139. The second-order valence-electron chi connectivity index (χ2n) is 10.8. The molecule has 1 aromatic carbocycles. The van der Waals surface area contributed by atoms with Gasteiger partial charge in [-0.25, -0.2) is 0 Å². The number of carbonyl (C=O) groups excluding carboxylic acids is 1. The summed E-state index contributed by atoms with van der Waals surface area (Å²) in [7, 11) is 2.07. The number of ether oxygens (including phenoxy) is 1. The van der Waals surface area contributed by atoms with Gasteiger partial charge in [-0.05, 0) is 76.6 Å². The van der Waals surface area contributed by atoms with Crippen LogP contribution in [0.1, 0.15) is 84.1 Å². The van der Waals surface area contributed by atoms with Crippen LogP contribution in [-0.4, -0.2) is 17.0 Å². The van der Waals surface area contributed by atoms with E-state index in [4.69, 9.17) is 10.5 Å². The second-order valence-corrected chi connectivity index (χ2v) is 11.6. The summed E-state index contributed by atoms with van der Waals surface area (Å²) in [5.41, 5.74) is 16.0. The average molecular weight is 561 g/mol. The van der Waals surface area contributed by atoms with Crippen LogP contribution >= 0.6 is 11.3 Å². The van der Waals surface area contributed by atoms with E-state index in [-0.39, 0.29) is 17.8 Å². The number of nitrogens with zero attached hydrogens (tertiary/aromatic N) is 1. The number of ketones is 1. The molecule has 3 aromatic rings. The minimum Gasteiger partial charge on any atom is -0.488 e. The van der Waals surface area contributed by atoms with Gasteiger partial charge in [0.2, 0.25) is 0 Å². The first-order chi connectivity index (χ1) is 19.0. The lowest BCUT2D eigenvalue weighted by Crippen LogP contribution is -2.22. The summed E-state index contributed by atoms with van der Waals surface area (Å²) < 4.78 is 8.42. The summed E-state index contributed by atoms with van der Waals surface area (Å²) in [5, 5.41) is 4.09. The highest BCUT2D eigenvalue weighted by Gasteiger charge is 2.29. The number of allylic oxidation sites excluding steroid dienone is 1. The molecule has 0 aliphatic carbocycles. The van der Waals surface area contributed by atoms with Gasteiger partial charge in [-0.2, -0.15) is 11.3 Å². The zero-order valence-corrected chi connectivity index (χ0v) is 27.0. The topological polar surface area (TPSA) is 57.2 Å². The van der Waals surface area contributed by atoms with Crippen molar-refractivity contribution in [3.63, 3.8) is 0 Å². The Morgan fingerprint density at radius 2 is 1.82 bits per heavy atom. The zero-order valence-electron chi connectivity index (χ0n) is 26.2. The molecule has 0 saturated carbocycles. The Bertz CT molecular complexity index is 1380. The summed E-state index contributed by atoms with van der Waals surface area (Å²) in [5.74, 6) is 0.812. The van der Waals surface area contributed by atoms with E-state index < -0.39 is 0 Å². The SMILES string of the molecule is C=C(C(=O)CC(C)(C)C)C1=C(C(N)=Cc2ccsc2)c2cc(-c3cc(C)cn3C)c(CC)cc2OC1.CC.CC. The predicted molar refractivity (Wildman–Crippen MR) is 175 cm³/mol. The van der Waals surface area contributed by atoms with Crippen LogP contribution in [0.15, 0.2) is 64.6 Å². The Labute approximate surface area is 246 Å². The Kier molecular flexibility index (Phi) is 11.8. The fraction of sp³-hybridized carbons (Fsp3) is 0.400. The van der Waals surface area contributed by atoms with E-state index in [2.05, 4.69) is 82.6 Å². The number of Topliss-reactive ketones (excluding diaryl/α,β-unsaturated/α-hetero) is 1. The molecule has 3 heterocycles. The Hall–Kier alpha value is -3.31. The molecule has 0 bridgehead atoms. The molecule has 0 radical (unpaired) electrons. The lowest BCUT2D eigenvalue weighted by Gasteiger charge is -2.28. The number of rotatable bonds is 7. The van der Waals surface area contributed by atoms with Crippen molar-refractivity contribution in [3.8, 4) is 17.0 Å². The van der Waals surface area contributed by atoms with Gasteiger partial charge in [0.1, 0.15) is 12.4 Å². The number of nitrogens with two attached hydrogens (primary N) is 1. The smallest absolute Gasteiger partial charge is 0.163 e. The highest BCUT2D eigenvalue weighted by atomic mass is 32.1. The lowest BCUT2D eigenvalue weighted by molar-refractivity contribution is -0.116. The van der Waals surface area contributed by atoms with Crippen molar-refractivity contribution in [1.82, 2.24) is 4.57 Å². The predicted octanol–water partition coefficient (Wildman–Crippen LogP) is 9.38. The number of hydrogen-bond acceptors (Lipinski definition) is 4. The first kappa shape index (κ1) is 32.9. The maximum absolute atomic E-state index is 13.2. The fourth-order valence-corrected chi connectivity index (χ4v) is 5.40. The van der Waals surface area contributed by atoms with Gasteiger partial charge in [0.25, 0.3) is 0 Å². The van der Waals surface area contributed by atoms with Crippen LogP contribution in [0.2, 0.25) is 0 Å². The molecule has 0 unspecified atom stereocenters. The van der Waals surface area contributed by atoms with Crippen molar-refractivity contribution in [1.29, 1.82) is 0 Å². The molecule has 40 heavy (non-hydrogen) atoms. The maximum atomic E-state index is 13.2. The number of carbonyl (C=O) groups is 1. The van der Waals surface area contributed by atoms with E-state index in [1.807, 2.05) is 45.2 Å². The zero-order chi connectivity index (χ0) is 30.2. The normalized spacial score (nSPS) is 12.9. The van der Waals surface area contributed by atoms with Crippen LogP contribution in [0.5, 0.6) is 5.75 Å². The monoisotopic (exact) mass is 560 g/mol. The number of thiophene rings is 1. The highest BCUT2D eigenvalue weighted by Crippen LogP contribution is 2.43. The first-order valence-electron chi connectivity index (χ1n) is 14.4. The van der Waals surface area contributed by atoms with Crippen LogP contribution in [0, 0.1) is 12.3 Å². The first-order valence-corrected chi connectivity index (χ1v) is 15.3. The molecule has 4 nitrogen and oxygen atoms in total. The molecule has 4 rings (SSSR count). The van der Waals surface area contributed by atoms with E-state index in [9.17, 15) is 4.79 Å². The molecular formula is C35H48N2O2S. The molecule has 0 atom stereocenters. The van der Waals surface area contributed by atoms with Crippen LogP contribution in [-0.2, 0) is 18.3 Å². The van der Waals surface area contributed by atoms with Crippen LogP contribution in [0.3, 0.4) is 0 Å². The van der Waals surface area contributed by atoms with E-state index in [0.717, 1.165) is 45.7 Å². The third-order valence-electron chi connectivity index (χ3n) is 6.49. The minimum absolute atomic E-state index is 0.0221. The van der Waals surface area contributed by atoms with E-state index >= 15 is 0 Å². The molecule has 2 aromatic heterocycles. The quantitative estimate of drug-likeness (QED) is 0.293. The van der Waals surface area contributed by atoms with Gasteiger partial charge in [-0.1, -0.05) is 62.0 Å². The molecule has 0 amide bonds. The van der Waals surface area contributed by atoms with Crippen molar-refractivity contribution < 1.29 is 9.53 Å². The van der Waals surface area contributed by atoms with Gasteiger partial charge < -0.3 is 15.0 Å². The average Bonchev–Trinajstić information content (AvgIpc) is 3.56.